The molecule has 0 spiro atoms. The first-order valence-electron chi connectivity index (χ1n) is 6.25. The molecule has 0 fully saturated rings. The molecule has 0 radical (unpaired) electrons. The number of nitrogens with one attached hydrogen (secondary N) is 1. The Balaban J connectivity index is 0.00000106. The fourth-order valence-corrected chi connectivity index (χ4v) is 1.62. The SMILES string of the molecule is CC.Cc1ccc(CCCCCNS)cc1. The molecule has 1 aromatic rings. The maximum absolute atomic E-state index is 3.95. The molecule has 0 aliphatic rings. The van der Waals surface area contributed by atoms with Crippen molar-refractivity contribution in [2.75, 3.05) is 6.54 Å². The lowest BCUT2D eigenvalue weighted by Gasteiger charge is -2.02. The highest BCUT2D eigenvalue weighted by Crippen LogP contribution is 2.07. The highest BCUT2D eigenvalue weighted by molar-refractivity contribution is 7.78. The Morgan fingerprint density at radius 2 is 1.62 bits per heavy atom. The lowest BCUT2D eigenvalue weighted by Crippen LogP contribution is -2.00. The second-order valence-electron chi connectivity index (χ2n) is 3.70. The van der Waals surface area contributed by atoms with Crippen LogP contribution in [-0.2, 0) is 6.42 Å². The molecule has 92 valence electrons. The molecule has 0 unspecified atom stereocenters. The Morgan fingerprint density at radius 3 is 2.19 bits per heavy atom. The summed E-state index contributed by atoms with van der Waals surface area (Å²) in [5.41, 5.74) is 2.79. The van der Waals surface area contributed by atoms with Gasteiger partial charge in [0.1, 0.15) is 0 Å². The van der Waals surface area contributed by atoms with Gasteiger partial charge >= 0.3 is 0 Å². The molecule has 2 heteroatoms. The molecule has 0 aliphatic carbocycles. The molecule has 0 saturated heterocycles. The summed E-state index contributed by atoms with van der Waals surface area (Å²) in [4.78, 5) is 0. The van der Waals surface area contributed by atoms with Crippen LogP contribution in [0.5, 0.6) is 0 Å². The van der Waals surface area contributed by atoms with Crippen LogP contribution in [0.4, 0.5) is 0 Å². The molecule has 0 aliphatic heterocycles. The number of hydrogen-bond donors (Lipinski definition) is 2. The van der Waals surface area contributed by atoms with Crippen LogP contribution >= 0.6 is 12.8 Å². The van der Waals surface area contributed by atoms with E-state index in [1.165, 1.54) is 36.8 Å². The van der Waals surface area contributed by atoms with E-state index >= 15 is 0 Å². The molecule has 16 heavy (non-hydrogen) atoms. The van der Waals surface area contributed by atoms with Gasteiger partial charge in [-0.2, -0.15) is 0 Å². The summed E-state index contributed by atoms with van der Waals surface area (Å²) in [6.45, 7) is 7.14. The number of hydrogen-bond acceptors (Lipinski definition) is 2. The lowest BCUT2D eigenvalue weighted by atomic mass is 10.1. The Hall–Kier alpha value is -0.470. The molecule has 1 rings (SSSR count). The number of benzene rings is 1. The van der Waals surface area contributed by atoms with E-state index in [0.717, 1.165) is 6.54 Å². The standard InChI is InChI=1S/C12H19NS.C2H6/c1-11-6-8-12(9-7-11)5-3-2-4-10-13-14;1-2/h6-9,13-14H,2-5,10H2,1H3;1-2H3. The highest BCUT2D eigenvalue weighted by Gasteiger charge is 1.93. The molecule has 0 saturated carbocycles. The van der Waals surface area contributed by atoms with Gasteiger partial charge in [-0.3, -0.25) is 4.72 Å². The predicted molar refractivity (Wildman–Crippen MR) is 77.1 cm³/mol. The third-order valence-corrected chi connectivity index (χ3v) is 2.60. The van der Waals surface area contributed by atoms with Crippen LogP contribution in [0.15, 0.2) is 24.3 Å². The topological polar surface area (TPSA) is 12.0 Å². The second-order valence-corrected chi connectivity index (χ2v) is 4.02. The van der Waals surface area contributed by atoms with E-state index in [-0.39, 0.29) is 0 Å². The Kier molecular flexibility index (Phi) is 10.7. The third-order valence-electron chi connectivity index (χ3n) is 2.37. The molecule has 0 aromatic heterocycles. The molecule has 1 N–H and O–H groups in total. The van der Waals surface area contributed by atoms with Crippen molar-refractivity contribution in [1.29, 1.82) is 0 Å². The van der Waals surface area contributed by atoms with E-state index in [1.54, 1.807) is 0 Å². The highest BCUT2D eigenvalue weighted by atomic mass is 32.1. The van der Waals surface area contributed by atoms with Crippen molar-refractivity contribution in [3.63, 3.8) is 0 Å². The van der Waals surface area contributed by atoms with Gasteiger partial charge in [0.25, 0.3) is 0 Å². The average Bonchev–Trinajstić information content (AvgIpc) is 2.34. The monoisotopic (exact) mass is 239 g/mol. The predicted octanol–water partition coefficient (Wildman–Crippen LogP) is 4.17. The van der Waals surface area contributed by atoms with Crippen molar-refractivity contribution in [1.82, 2.24) is 4.72 Å². The molecule has 1 aromatic carbocycles. The smallest absolute Gasteiger partial charge is 0.00561 e. The van der Waals surface area contributed by atoms with Crippen LogP contribution in [0.2, 0.25) is 0 Å². The van der Waals surface area contributed by atoms with Crippen LogP contribution in [0.3, 0.4) is 0 Å². The number of thiol groups is 1. The first-order valence-corrected chi connectivity index (χ1v) is 6.70. The van der Waals surface area contributed by atoms with Crippen LogP contribution in [0.1, 0.15) is 44.2 Å². The van der Waals surface area contributed by atoms with E-state index < -0.39 is 0 Å². The quantitative estimate of drug-likeness (QED) is 0.561. The van der Waals surface area contributed by atoms with E-state index in [9.17, 15) is 0 Å². The van der Waals surface area contributed by atoms with Gasteiger partial charge < -0.3 is 0 Å². The molecular formula is C14H25NS. The number of rotatable bonds is 6. The van der Waals surface area contributed by atoms with Gasteiger partial charge in [-0.1, -0.05) is 62.9 Å². The fraction of sp³-hybridized carbons (Fsp3) is 0.571. The van der Waals surface area contributed by atoms with Gasteiger partial charge in [0.05, 0.1) is 0 Å². The van der Waals surface area contributed by atoms with Gasteiger partial charge in [0.2, 0.25) is 0 Å². The van der Waals surface area contributed by atoms with E-state index in [2.05, 4.69) is 48.7 Å². The zero-order valence-corrected chi connectivity index (χ0v) is 11.7. The van der Waals surface area contributed by atoms with Gasteiger partial charge in [-0.15, -0.1) is 0 Å². The van der Waals surface area contributed by atoms with Crippen LogP contribution in [-0.4, -0.2) is 6.54 Å². The maximum atomic E-state index is 3.95. The molecule has 1 nitrogen and oxygen atoms in total. The first kappa shape index (κ1) is 15.5. The zero-order chi connectivity index (χ0) is 12.2. The van der Waals surface area contributed by atoms with Crippen LogP contribution < -0.4 is 4.72 Å². The number of aryl methyl sites for hydroxylation is 2. The summed E-state index contributed by atoms with van der Waals surface area (Å²) in [6.07, 6.45) is 4.97. The van der Waals surface area contributed by atoms with Gasteiger partial charge in [-0.05, 0) is 31.7 Å². The van der Waals surface area contributed by atoms with Gasteiger partial charge in [0, 0.05) is 6.54 Å². The normalized spacial score (nSPS) is 9.50. The molecule has 0 amide bonds. The average molecular weight is 239 g/mol. The minimum atomic E-state index is 1.01. The Labute approximate surface area is 106 Å². The molecule has 0 heterocycles. The minimum absolute atomic E-state index is 1.01. The molecule has 0 atom stereocenters. The van der Waals surface area contributed by atoms with Crippen molar-refractivity contribution < 1.29 is 0 Å². The summed E-state index contributed by atoms with van der Waals surface area (Å²) in [6, 6.07) is 8.83. The van der Waals surface area contributed by atoms with Gasteiger partial charge in [0.15, 0.2) is 0 Å². The van der Waals surface area contributed by atoms with Crippen molar-refractivity contribution in [3.05, 3.63) is 35.4 Å². The Morgan fingerprint density at radius 1 is 1.00 bits per heavy atom. The zero-order valence-electron chi connectivity index (χ0n) is 10.8. The second kappa shape index (κ2) is 11.0. The van der Waals surface area contributed by atoms with Crippen molar-refractivity contribution in [2.24, 2.45) is 0 Å². The van der Waals surface area contributed by atoms with Crippen molar-refractivity contribution in [3.8, 4) is 0 Å². The lowest BCUT2D eigenvalue weighted by molar-refractivity contribution is 0.674. The summed E-state index contributed by atoms with van der Waals surface area (Å²) >= 11 is 3.95. The maximum Gasteiger partial charge on any atom is 0.00561 e. The first-order chi connectivity index (χ1) is 7.83. The Bertz CT molecular complexity index is 243. The number of unbranched alkanes of at least 4 members (excludes halogenated alkanes) is 2. The van der Waals surface area contributed by atoms with E-state index in [1.807, 2.05) is 13.8 Å². The van der Waals surface area contributed by atoms with Crippen LogP contribution in [0.25, 0.3) is 0 Å². The largest absolute Gasteiger partial charge is 0.267 e. The minimum Gasteiger partial charge on any atom is -0.267 e. The summed E-state index contributed by atoms with van der Waals surface area (Å²) in [5, 5.41) is 0. The van der Waals surface area contributed by atoms with Crippen molar-refractivity contribution >= 4 is 12.8 Å². The van der Waals surface area contributed by atoms with Gasteiger partial charge in [-0.25, -0.2) is 0 Å². The summed E-state index contributed by atoms with van der Waals surface area (Å²) < 4.78 is 2.87. The van der Waals surface area contributed by atoms with E-state index in [0.29, 0.717) is 0 Å². The van der Waals surface area contributed by atoms with E-state index in [4.69, 9.17) is 0 Å². The van der Waals surface area contributed by atoms with Crippen molar-refractivity contribution in [2.45, 2.75) is 46.5 Å². The summed E-state index contributed by atoms with van der Waals surface area (Å²) in [5.74, 6) is 0. The third kappa shape index (κ3) is 7.77. The molecular weight excluding hydrogens is 214 g/mol. The van der Waals surface area contributed by atoms with Crippen LogP contribution in [0, 0.1) is 6.92 Å². The summed E-state index contributed by atoms with van der Waals surface area (Å²) in [7, 11) is 0. The molecule has 0 bridgehead atoms. The fourth-order valence-electron chi connectivity index (χ4n) is 1.46.